The summed E-state index contributed by atoms with van der Waals surface area (Å²) in [6.45, 7) is -0.613. The van der Waals surface area contributed by atoms with Gasteiger partial charge in [-0.3, -0.25) is 0 Å². The van der Waals surface area contributed by atoms with E-state index < -0.39 is 18.4 Å². The minimum Gasteiger partial charge on any atom is -0.453 e. The van der Waals surface area contributed by atoms with Crippen molar-refractivity contribution in [2.24, 2.45) is 0 Å². The third-order valence-electron chi connectivity index (χ3n) is 3.41. The Hall–Kier alpha value is -2.09. The van der Waals surface area contributed by atoms with E-state index in [4.69, 9.17) is 9.47 Å². The highest BCUT2D eigenvalue weighted by Gasteiger charge is 2.59. The SMILES string of the molecule is COOCCC(OCc1ccccc1)(Oc1ccccc1)C(F)(F)F. The normalized spacial score (nSPS) is 14.1. The Morgan fingerprint density at radius 3 is 2.04 bits per heavy atom. The van der Waals surface area contributed by atoms with Gasteiger partial charge < -0.3 is 9.47 Å². The first-order chi connectivity index (χ1) is 12.0. The summed E-state index contributed by atoms with van der Waals surface area (Å²) in [7, 11) is 1.22. The van der Waals surface area contributed by atoms with Gasteiger partial charge in [-0.05, 0) is 17.7 Å². The van der Waals surface area contributed by atoms with Crippen molar-refractivity contribution in [2.45, 2.75) is 25.0 Å². The Morgan fingerprint density at radius 1 is 0.880 bits per heavy atom. The number of hydrogen-bond acceptors (Lipinski definition) is 4. The second kappa shape index (κ2) is 8.84. The van der Waals surface area contributed by atoms with Crippen molar-refractivity contribution >= 4 is 0 Å². The molecule has 0 fully saturated rings. The van der Waals surface area contributed by atoms with Gasteiger partial charge in [0.15, 0.2) is 0 Å². The fourth-order valence-electron chi connectivity index (χ4n) is 2.15. The summed E-state index contributed by atoms with van der Waals surface area (Å²) in [6.07, 6.45) is -5.37. The fourth-order valence-corrected chi connectivity index (χ4v) is 2.15. The molecule has 1 atom stereocenters. The minimum absolute atomic E-state index is 0.0466. The molecule has 25 heavy (non-hydrogen) atoms. The minimum atomic E-state index is -4.78. The number of rotatable bonds is 9. The van der Waals surface area contributed by atoms with E-state index >= 15 is 0 Å². The molecule has 0 radical (unpaired) electrons. The van der Waals surface area contributed by atoms with Crippen molar-refractivity contribution in [3.63, 3.8) is 0 Å². The van der Waals surface area contributed by atoms with Gasteiger partial charge in [0.2, 0.25) is 0 Å². The lowest BCUT2D eigenvalue weighted by molar-refractivity contribution is -0.371. The summed E-state index contributed by atoms with van der Waals surface area (Å²) < 4.78 is 52.0. The van der Waals surface area contributed by atoms with Gasteiger partial charge >= 0.3 is 12.0 Å². The second-order valence-electron chi connectivity index (χ2n) is 5.18. The van der Waals surface area contributed by atoms with E-state index in [-0.39, 0.29) is 19.0 Å². The number of alkyl halides is 3. The highest BCUT2D eigenvalue weighted by molar-refractivity contribution is 5.22. The van der Waals surface area contributed by atoms with E-state index in [1.54, 1.807) is 48.5 Å². The lowest BCUT2D eigenvalue weighted by Gasteiger charge is -2.35. The lowest BCUT2D eigenvalue weighted by Crippen LogP contribution is -2.53. The molecule has 0 saturated carbocycles. The molecule has 0 heterocycles. The van der Waals surface area contributed by atoms with Crippen LogP contribution in [0.4, 0.5) is 13.2 Å². The predicted octanol–water partition coefficient (Wildman–Crippen LogP) is 4.51. The van der Waals surface area contributed by atoms with Gasteiger partial charge in [0, 0.05) is 6.42 Å². The van der Waals surface area contributed by atoms with Crippen molar-refractivity contribution in [3.05, 3.63) is 66.2 Å². The zero-order chi connectivity index (χ0) is 18.2. The lowest BCUT2D eigenvalue weighted by atomic mass is 10.1. The third kappa shape index (κ3) is 5.45. The van der Waals surface area contributed by atoms with Crippen LogP contribution in [0.2, 0.25) is 0 Å². The average Bonchev–Trinajstić information content (AvgIpc) is 2.60. The Morgan fingerprint density at radius 2 is 1.48 bits per heavy atom. The van der Waals surface area contributed by atoms with Gasteiger partial charge in [-0.1, -0.05) is 48.5 Å². The van der Waals surface area contributed by atoms with Crippen LogP contribution in [0, 0.1) is 0 Å². The molecule has 136 valence electrons. The highest BCUT2D eigenvalue weighted by atomic mass is 19.4. The maximum absolute atomic E-state index is 13.8. The first-order valence-electron chi connectivity index (χ1n) is 7.61. The number of benzene rings is 2. The van der Waals surface area contributed by atoms with Crippen molar-refractivity contribution in [1.82, 2.24) is 0 Å². The van der Waals surface area contributed by atoms with Crippen LogP contribution >= 0.6 is 0 Å². The van der Waals surface area contributed by atoms with Crippen molar-refractivity contribution in [1.29, 1.82) is 0 Å². The summed E-state index contributed by atoms with van der Waals surface area (Å²) in [4.78, 5) is 9.00. The summed E-state index contributed by atoms with van der Waals surface area (Å²) in [6, 6.07) is 16.3. The van der Waals surface area contributed by atoms with Crippen LogP contribution in [0.3, 0.4) is 0 Å². The smallest absolute Gasteiger partial charge is 0.453 e. The van der Waals surface area contributed by atoms with Gasteiger partial charge in [0.1, 0.15) is 5.75 Å². The summed E-state index contributed by atoms with van der Waals surface area (Å²) in [5.74, 6) is -2.81. The van der Waals surface area contributed by atoms with Crippen LogP contribution in [0.25, 0.3) is 0 Å². The van der Waals surface area contributed by atoms with Crippen LogP contribution < -0.4 is 4.74 Å². The van der Waals surface area contributed by atoms with Crippen LogP contribution in [0.1, 0.15) is 12.0 Å². The Bertz CT molecular complexity index is 619. The molecule has 2 aromatic carbocycles. The summed E-state index contributed by atoms with van der Waals surface area (Å²) in [5.41, 5.74) is 0.598. The van der Waals surface area contributed by atoms with E-state index in [0.717, 1.165) is 0 Å². The van der Waals surface area contributed by atoms with E-state index in [9.17, 15) is 13.2 Å². The van der Waals surface area contributed by atoms with Gasteiger partial charge in [0.25, 0.3) is 0 Å². The maximum atomic E-state index is 13.8. The summed E-state index contributed by atoms with van der Waals surface area (Å²) in [5, 5.41) is 0. The average molecular weight is 356 g/mol. The first kappa shape index (κ1) is 19.2. The molecule has 0 amide bonds. The quantitative estimate of drug-likeness (QED) is 0.287. The predicted molar refractivity (Wildman–Crippen MR) is 84.7 cm³/mol. The van der Waals surface area contributed by atoms with E-state index in [1.807, 2.05) is 0 Å². The zero-order valence-electron chi connectivity index (χ0n) is 13.7. The van der Waals surface area contributed by atoms with Crippen molar-refractivity contribution in [2.75, 3.05) is 13.7 Å². The van der Waals surface area contributed by atoms with Crippen LogP contribution in [-0.4, -0.2) is 25.7 Å². The standard InChI is InChI=1S/C18H19F3O4/c1-22-24-13-12-17(18(19,20)21,25-16-10-6-3-7-11-16)23-14-15-8-4-2-5-9-15/h2-11H,12-14H2,1H3. The molecule has 0 aromatic heterocycles. The third-order valence-corrected chi connectivity index (χ3v) is 3.41. The summed E-state index contributed by atoms with van der Waals surface area (Å²) >= 11 is 0. The number of hydrogen-bond donors (Lipinski definition) is 0. The zero-order valence-corrected chi connectivity index (χ0v) is 13.7. The number of para-hydroxylation sites is 1. The van der Waals surface area contributed by atoms with E-state index in [1.165, 1.54) is 19.2 Å². The molecule has 0 aliphatic carbocycles. The fraction of sp³-hybridized carbons (Fsp3) is 0.333. The molecule has 0 N–H and O–H groups in total. The molecular weight excluding hydrogens is 337 g/mol. The molecule has 0 aliphatic rings. The molecule has 7 heteroatoms. The Kier molecular flexibility index (Phi) is 6.81. The van der Waals surface area contributed by atoms with Gasteiger partial charge in [0.05, 0.1) is 20.3 Å². The number of halogens is 3. The highest BCUT2D eigenvalue weighted by Crippen LogP contribution is 2.39. The van der Waals surface area contributed by atoms with Crippen LogP contribution in [0.15, 0.2) is 60.7 Å². The number of ether oxygens (including phenoxy) is 2. The molecule has 2 rings (SSSR count). The van der Waals surface area contributed by atoms with Gasteiger partial charge in [-0.2, -0.15) is 13.2 Å². The van der Waals surface area contributed by atoms with E-state index in [0.29, 0.717) is 5.56 Å². The van der Waals surface area contributed by atoms with E-state index in [2.05, 4.69) is 9.78 Å². The second-order valence-corrected chi connectivity index (χ2v) is 5.18. The Balaban J connectivity index is 2.25. The molecule has 1 unspecified atom stereocenters. The Labute approximate surface area is 144 Å². The molecular formula is C18H19F3O4. The molecule has 0 aliphatic heterocycles. The van der Waals surface area contributed by atoms with Crippen molar-refractivity contribution < 1.29 is 32.4 Å². The maximum Gasteiger partial charge on any atom is 0.455 e. The van der Waals surface area contributed by atoms with Gasteiger partial charge in [-0.25, -0.2) is 9.78 Å². The molecule has 2 aromatic rings. The molecule has 4 nitrogen and oxygen atoms in total. The largest absolute Gasteiger partial charge is 0.455 e. The monoisotopic (exact) mass is 356 g/mol. The molecule has 0 bridgehead atoms. The van der Waals surface area contributed by atoms with Crippen LogP contribution in [-0.2, 0) is 21.1 Å². The van der Waals surface area contributed by atoms with Gasteiger partial charge in [-0.15, -0.1) is 0 Å². The molecule has 0 spiro atoms. The first-order valence-corrected chi connectivity index (χ1v) is 7.61. The van der Waals surface area contributed by atoms with Crippen molar-refractivity contribution in [3.8, 4) is 5.75 Å². The molecule has 0 saturated heterocycles. The topological polar surface area (TPSA) is 36.9 Å². The van der Waals surface area contributed by atoms with Crippen LogP contribution in [0.5, 0.6) is 5.75 Å².